The van der Waals surface area contributed by atoms with Crippen molar-refractivity contribution in [1.29, 1.82) is 0 Å². The standard InChI is InChI=1S/C26H27NO5/c1-29-22-15-14-20(16-23(22)30-2)17-24(31-3)27-26(25(28)21-12-8-5-9-13-21)32-18-19-10-6-4-7-11-19/h4-16,24H,17-18H2,1-3H3. The maximum atomic E-state index is 13.1. The molecule has 0 aliphatic carbocycles. The third kappa shape index (κ3) is 6.18. The summed E-state index contributed by atoms with van der Waals surface area (Å²) in [6.07, 6.45) is -0.191. The second-order valence-electron chi connectivity index (χ2n) is 6.99. The third-order valence-electron chi connectivity index (χ3n) is 4.84. The van der Waals surface area contributed by atoms with Gasteiger partial charge in [0, 0.05) is 19.1 Å². The molecular weight excluding hydrogens is 406 g/mol. The van der Waals surface area contributed by atoms with Gasteiger partial charge in [0.2, 0.25) is 5.78 Å². The highest BCUT2D eigenvalue weighted by Gasteiger charge is 2.19. The number of aliphatic imine (C=N–C) groups is 1. The Morgan fingerprint density at radius 3 is 2.09 bits per heavy atom. The van der Waals surface area contributed by atoms with Crippen LogP contribution in [0.5, 0.6) is 11.5 Å². The van der Waals surface area contributed by atoms with Crippen LogP contribution in [0.3, 0.4) is 0 Å². The summed E-state index contributed by atoms with van der Waals surface area (Å²) in [5.74, 6) is 0.966. The van der Waals surface area contributed by atoms with Gasteiger partial charge in [0.25, 0.3) is 5.90 Å². The first-order valence-electron chi connectivity index (χ1n) is 10.2. The number of carbonyl (C=O) groups is 1. The van der Waals surface area contributed by atoms with E-state index in [1.54, 1.807) is 45.6 Å². The van der Waals surface area contributed by atoms with E-state index >= 15 is 0 Å². The lowest BCUT2D eigenvalue weighted by molar-refractivity contribution is 0.0958. The predicted octanol–water partition coefficient (Wildman–Crippen LogP) is 4.72. The molecule has 1 atom stereocenters. The van der Waals surface area contributed by atoms with E-state index in [1.807, 2.05) is 54.6 Å². The summed E-state index contributed by atoms with van der Waals surface area (Å²) in [7, 11) is 4.73. The first-order valence-corrected chi connectivity index (χ1v) is 10.2. The maximum Gasteiger partial charge on any atom is 0.261 e. The van der Waals surface area contributed by atoms with E-state index in [4.69, 9.17) is 18.9 Å². The van der Waals surface area contributed by atoms with Crippen LogP contribution in [0.25, 0.3) is 0 Å². The topological polar surface area (TPSA) is 66.4 Å². The number of methoxy groups -OCH3 is 3. The number of hydrogen-bond acceptors (Lipinski definition) is 6. The van der Waals surface area contributed by atoms with Crippen molar-refractivity contribution < 1.29 is 23.7 Å². The molecule has 6 heteroatoms. The summed E-state index contributed by atoms with van der Waals surface area (Å²) in [4.78, 5) is 17.6. The van der Waals surface area contributed by atoms with Crippen molar-refractivity contribution in [2.75, 3.05) is 21.3 Å². The molecule has 6 nitrogen and oxygen atoms in total. The molecule has 0 heterocycles. The zero-order valence-electron chi connectivity index (χ0n) is 18.5. The molecular formula is C26H27NO5. The van der Waals surface area contributed by atoms with E-state index in [9.17, 15) is 4.79 Å². The minimum Gasteiger partial charge on any atom is -0.493 e. The van der Waals surface area contributed by atoms with Crippen molar-refractivity contribution in [2.45, 2.75) is 19.3 Å². The van der Waals surface area contributed by atoms with Crippen molar-refractivity contribution in [3.8, 4) is 11.5 Å². The average Bonchev–Trinajstić information content (AvgIpc) is 2.86. The Hall–Kier alpha value is -3.64. The number of ether oxygens (including phenoxy) is 4. The molecule has 3 aromatic rings. The summed E-state index contributed by atoms with van der Waals surface area (Å²) in [6.45, 7) is 0.227. The number of ketones is 1. The van der Waals surface area contributed by atoms with Crippen LogP contribution in [0.2, 0.25) is 0 Å². The smallest absolute Gasteiger partial charge is 0.261 e. The zero-order valence-corrected chi connectivity index (χ0v) is 18.5. The van der Waals surface area contributed by atoms with Gasteiger partial charge in [-0.2, -0.15) is 0 Å². The van der Waals surface area contributed by atoms with Gasteiger partial charge in [-0.1, -0.05) is 66.7 Å². The Labute approximate surface area is 188 Å². The fraction of sp³-hybridized carbons (Fsp3) is 0.231. The summed E-state index contributed by atoms with van der Waals surface area (Å²) >= 11 is 0. The monoisotopic (exact) mass is 433 g/mol. The Balaban J connectivity index is 1.85. The molecule has 0 spiro atoms. The van der Waals surface area contributed by atoms with E-state index in [2.05, 4.69) is 4.99 Å². The molecule has 0 fully saturated rings. The van der Waals surface area contributed by atoms with Gasteiger partial charge in [-0.05, 0) is 23.3 Å². The number of hydrogen-bond donors (Lipinski definition) is 0. The quantitative estimate of drug-likeness (QED) is 0.263. The Morgan fingerprint density at radius 1 is 0.812 bits per heavy atom. The van der Waals surface area contributed by atoms with Crippen LogP contribution in [0, 0.1) is 0 Å². The minimum atomic E-state index is -0.619. The van der Waals surface area contributed by atoms with Crippen LogP contribution >= 0.6 is 0 Å². The van der Waals surface area contributed by atoms with Gasteiger partial charge >= 0.3 is 0 Å². The summed E-state index contributed by atoms with van der Waals surface area (Å²) < 4.78 is 22.1. The molecule has 3 aromatic carbocycles. The first-order chi connectivity index (χ1) is 15.6. The molecule has 0 aromatic heterocycles. The molecule has 0 bridgehead atoms. The van der Waals surface area contributed by atoms with Crippen LogP contribution < -0.4 is 9.47 Å². The van der Waals surface area contributed by atoms with E-state index in [1.165, 1.54) is 0 Å². The lowest BCUT2D eigenvalue weighted by Crippen LogP contribution is -2.23. The number of benzene rings is 3. The zero-order chi connectivity index (χ0) is 22.8. The van der Waals surface area contributed by atoms with Gasteiger partial charge in [0.15, 0.2) is 17.7 Å². The van der Waals surface area contributed by atoms with Gasteiger partial charge in [0.1, 0.15) is 6.61 Å². The molecule has 166 valence electrons. The van der Waals surface area contributed by atoms with Crippen molar-refractivity contribution >= 4 is 11.7 Å². The average molecular weight is 434 g/mol. The molecule has 3 rings (SSSR count). The predicted molar refractivity (Wildman–Crippen MR) is 123 cm³/mol. The Bertz CT molecular complexity index is 1030. The second-order valence-corrected chi connectivity index (χ2v) is 6.99. The van der Waals surface area contributed by atoms with E-state index in [0.29, 0.717) is 23.5 Å². The molecule has 0 saturated carbocycles. The molecule has 1 unspecified atom stereocenters. The number of Topliss-reactive ketones (excluding diaryl/α,β-unsaturated/α-hetero) is 1. The van der Waals surface area contributed by atoms with E-state index in [0.717, 1.165) is 11.1 Å². The van der Waals surface area contributed by atoms with Crippen LogP contribution in [0.4, 0.5) is 0 Å². The van der Waals surface area contributed by atoms with Gasteiger partial charge in [-0.25, -0.2) is 4.99 Å². The van der Waals surface area contributed by atoms with Crippen molar-refractivity contribution in [1.82, 2.24) is 0 Å². The fourth-order valence-electron chi connectivity index (χ4n) is 3.12. The third-order valence-corrected chi connectivity index (χ3v) is 4.84. The van der Waals surface area contributed by atoms with Crippen molar-refractivity contribution in [3.05, 3.63) is 95.6 Å². The largest absolute Gasteiger partial charge is 0.493 e. The SMILES string of the molecule is COc1ccc(CC(N=C(OCc2ccccc2)C(=O)c2ccccc2)OC)cc1OC. The molecule has 0 aliphatic rings. The van der Waals surface area contributed by atoms with Crippen LogP contribution in [0.1, 0.15) is 21.5 Å². The van der Waals surface area contributed by atoms with E-state index < -0.39 is 6.23 Å². The minimum absolute atomic E-state index is 0.00683. The number of nitrogens with zero attached hydrogens (tertiary/aromatic N) is 1. The van der Waals surface area contributed by atoms with Gasteiger partial charge in [-0.15, -0.1) is 0 Å². The summed E-state index contributed by atoms with van der Waals surface area (Å²) in [5.41, 5.74) is 2.36. The highest BCUT2D eigenvalue weighted by atomic mass is 16.5. The molecule has 32 heavy (non-hydrogen) atoms. The second kappa shape index (κ2) is 11.7. The highest BCUT2D eigenvalue weighted by Crippen LogP contribution is 2.28. The lowest BCUT2D eigenvalue weighted by Gasteiger charge is -2.16. The highest BCUT2D eigenvalue weighted by molar-refractivity contribution is 6.42. The fourth-order valence-corrected chi connectivity index (χ4v) is 3.12. The van der Waals surface area contributed by atoms with Crippen molar-refractivity contribution in [3.63, 3.8) is 0 Å². The lowest BCUT2D eigenvalue weighted by atomic mass is 10.1. The molecule has 0 amide bonds. The summed E-state index contributed by atoms with van der Waals surface area (Å²) in [5, 5.41) is 0. The van der Waals surface area contributed by atoms with Gasteiger partial charge < -0.3 is 18.9 Å². The van der Waals surface area contributed by atoms with E-state index in [-0.39, 0.29) is 18.3 Å². The Morgan fingerprint density at radius 2 is 1.47 bits per heavy atom. The van der Waals surface area contributed by atoms with Crippen LogP contribution in [-0.4, -0.2) is 39.2 Å². The summed E-state index contributed by atoms with van der Waals surface area (Å²) in [6, 6.07) is 24.2. The normalized spacial score (nSPS) is 12.2. The number of carbonyl (C=O) groups excluding carboxylic acids is 1. The van der Waals surface area contributed by atoms with Gasteiger partial charge in [0.05, 0.1) is 14.2 Å². The molecule has 0 N–H and O–H groups in total. The molecule has 0 aliphatic heterocycles. The van der Waals surface area contributed by atoms with Crippen LogP contribution in [-0.2, 0) is 22.5 Å². The van der Waals surface area contributed by atoms with Crippen molar-refractivity contribution in [2.24, 2.45) is 4.99 Å². The van der Waals surface area contributed by atoms with Crippen LogP contribution in [0.15, 0.2) is 83.9 Å². The molecule has 0 saturated heterocycles. The number of rotatable bonds is 10. The first kappa shape index (κ1) is 23.0. The van der Waals surface area contributed by atoms with Gasteiger partial charge in [-0.3, -0.25) is 4.79 Å². The molecule has 0 radical (unpaired) electrons. The Kier molecular flexibility index (Phi) is 8.40. The maximum absolute atomic E-state index is 13.1.